The van der Waals surface area contributed by atoms with Crippen molar-refractivity contribution in [2.75, 3.05) is 39.2 Å². The Kier molecular flexibility index (Phi) is 15.3. The van der Waals surface area contributed by atoms with Crippen LogP contribution in [0.4, 0.5) is 5.69 Å². The molecular formula is C20H34IN3O4. The fourth-order valence-corrected chi connectivity index (χ4v) is 2.52. The van der Waals surface area contributed by atoms with Crippen LogP contribution in [0.3, 0.4) is 0 Å². The monoisotopic (exact) mass is 507 g/mol. The van der Waals surface area contributed by atoms with Crippen LogP contribution in [-0.4, -0.2) is 45.8 Å². The Morgan fingerprint density at radius 2 is 1.75 bits per heavy atom. The number of carbonyl (C=O) groups excluding carboxylic acids is 1. The average molecular weight is 507 g/mol. The minimum Gasteiger partial charge on any atom is -0.493 e. The predicted molar refractivity (Wildman–Crippen MR) is 124 cm³/mol. The predicted octanol–water partition coefficient (Wildman–Crippen LogP) is 4.21. The molecule has 1 aromatic rings. The molecule has 160 valence electrons. The van der Waals surface area contributed by atoms with Gasteiger partial charge in [0.05, 0.1) is 20.8 Å². The summed E-state index contributed by atoms with van der Waals surface area (Å²) in [7, 11) is 3.23. The van der Waals surface area contributed by atoms with Crippen LogP contribution in [0.1, 0.15) is 46.0 Å². The standard InChI is InChI=1S/C20H33N3O4.HI/c1-5-21-20(22-14-10-8-7-9-11-19(24)27-6-2)23-16-12-13-17(25-3)18(15-16)26-4;/h12-13,15H,5-11,14H2,1-4H3,(H2,21,22,23);1H. The number of guanidine groups is 1. The number of anilines is 1. The molecule has 0 heterocycles. The smallest absolute Gasteiger partial charge is 0.305 e. The van der Waals surface area contributed by atoms with Crippen LogP contribution in [0.15, 0.2) is 23.2 Å². The number of halogens is 1. The van der Waals surface area contributed by atoms with Gasteiger partial charge in [-0.3, -0.25) is 9.79 Å². The summed E-state index contributed by atoms with van der Waals surface area (Å²) in [6, 6.07) is 5.65. The van der Waals surface area contributed by atoms with Gasteiger partial charge in [0.15, 0.2) is 17.5 Å². The number of aliphatic imine (C=N–C) groups is 1. The number of hydrogen-bond donors (Lipinski definition) is 2. The van der Waals surface area contributed by atoms with Gasteiger partial charge in [-0.25, -0.2) is 0 Å². The summed E-state index contributed by atoms with van der Waals surface area (Å²) in [6.07, 6.45) is 4.39. The van der Waals surface area contributed by atoms with Gasteiger partial charge in [0.25, 0.3) is 0 Å². The van der Waals surface area contributed by atoms with Crippen molar-refractivity contribution in [2.24, 2.45) is 4.99 Å². The number of ether oxygens (including phenoxy) is 3. The summed E-state index contributed by atoms with van der Waals surface area (Å²) >= 11 is 0. The van der Waals surface area contributed by atoms with Crippen LogP contribution >= 0.6 is 24.0 Å². The van der Waals surface area contributed by atoms with Gasteiger partial charge in [-0.2, -0.15) is 0 Å². The van der Waals surface area contributed by atoms with E-state index in [0.29, 0.717) is 24.5 Å². The van der Waals surface area contributed by atoms with Crippen molar-refractivity contribution in [2.45, 2.75) is 46.0 Å². The second-order valence-corrected chi connectivity index (χ2v) is 5.92. The number of hydrogen-bond acceptors (Lipinski definition) is 5. The Bertz CT molecular complexity index is 597. The maximum atomic E-state index is 11.3. The van der Waals surface area contributed by atoms with Crippen LogP contribution in [-0.2, 0) is 9.53 Å². The van der Waals surface area contributed by atoms with E-state index < -0.39 is 0 Å². The fourth-order valence-electron chi connectivity index (χ4n) is 2.52. The first-order valence-electron chi connectivity index (χ1n) is 9.57. The molecule has 0 saturated carbocycles. The number of nitrogens with one attached hydrogen (secondary N) is 2. The van der Waals surface area contributed by atoms with Gasteiger partial charge in [-0.15, -0.1) is 24.0 Å². The fraction of sp³-hybridized carbons (Fsp3) is 0.600. The summed E-state index contributed by atoms with van der Waals surface area (Å²) in [5, 5.41) is 6.51. The Balaban J connectivity index is 0.00000729. The molecule has 1 rings (SSSR count). The molecule has 0 bridgehead atoms. The van der Waals surface area contributed by atoms with Gasteiger partial charge < -0.3 is 24.8 Å². The molecule has 0 fully saturated rings. The number of benzene rings is 1. The number of unbranched alkanes of at least 4 members (excludes halogenated alkanes) is 3. The number of esters is 1. The third-order valence-corrected chi connectivity index (χ3v) is 3.85. The topological polar surface area (TPSA) is 81.2 Å². The first-order valence-corrected chi connectivity index (χ1v) is 9.57. The van der Waals surface area contributed by atoms with Crippen LogP contribution in [0.5, 0.6) is 11.5 Å². The summed E-state index contributed by atoms with van der Waals surface area (Å²) in [6.45, 7) is 5.81. The molecule has 0 aromatic heterocycles. The van der Waals surface area contributed by atoms with Gasteiger partial charge in [-0.05, 0) is 38.8 Å². The van der Waals surface area contributed by atoms with E-state index in [-0.39, 0.29) is 29.9 Å². The molecule has 0 spiro atoms. The third-order valence-electron chi connectivity index (χ3n) is 3.85. The first kappa shape index (κ1) is 26.3. The van der Waals surface area contributed by atoms with Crippen LogP contribution in [0, 0.1) is 0 Å². The molecule has 0 unspecified atom stereocenters. The number of rotatable bonds is 12. The van der Waals surface area contributed by atoms with Crippen molar-refractivity contribution in [1.82, 2.24) is 5.32 Å². The van der Waals surface area contributed by atoms with Crippen LogP contribution < -0.4 is 20.1 Å². The second-order valence-electron chi connectivity index (χ2n) is 5.92. The van der Waals surface area contributed by atoms with E-state index in [1.54, 1.807) is 14.2 Å². The van der Waals surface area contributed by atoms with E-state index in [0.717, 1.165) is 50.4 Å². The molecule has 8 heteroatoms. The Morgan fingerprint density at radius 1 is 1.04 bits per heavy atom. The third kappa shape index (κ3) is 10.6. The molecule has 2 N–H and O–H groups in total. The van der Waals surface area contributed by atoms with E-state index in [1.807, 2.05) is 32.0 Å². The molecule has 0 saturated heterocycles. The highest BCUT2D eigenvalue weighted by molar-refractivity contribution is 14.0. The molecule has 1 aromatic carbocycles. The minimum absolute atomic E-state index is 0. The molecule has 0 atom stereocenters. The summed E-state index contributed by atoms with van der Waals surface area (Å²) in [5.41, 5.74) is 0.877. The summed E-state index contributed by atoms with van der Waals surface area (Å²) in [4.78, 5) is 15.9. The van der Waals surface area contributed by atoms with Crippen molar-refractivity contribution in [3.63, 3.8) is 0 Å². The first-order chi connectivity index (χ1) is 13.1. The van der Waals surface area contributed by atoms with Crippen molar-refractivity contribution < 1.29 is 19.0 Å². The van der Waals surface area contributed by atoms with Gasteiger partial charge in [0, 0.05) is 31.3 Å². The lowest BCUT2D eigenvalue weighted by molar-refractivity contribution is -0.143. The van der Waals surface area contributed by atoms with Gasteiger partial charge >= 0.3 is 5.97 Å². The molecule has 0 aliphatic rings. The molecule has 0 aliphatic carbocycles. The summed E-state index contributed by atoms with van der Waals surface area (Å²) < 4.78 is 15.5. The van der Waals surface area contributed by atoms with Crippen molar-refractivity contribution in [3.8, 4) is 11.5 Å². The maximum absolute atomic E-state index is 11.3. The zero-order valence-electron chi connectivity index (χ0n) is 17.4. The Hall–Kier alpha value is -1.71. The number of methoxy groups -OCH3 is 2. The van der Waals surface area contributed by atoms with Crippen LogP contribution in [0.25, 0.3) is 0 Å². The highest BCUT2D eigenvalue weighted by Crippen LogP contribution is 2.29. The zero-order chi connectivity index (χ0) is 19.9. The van der Waals surface area contributed by atoms with E-state index in [9.17, 15) is 4.79 Å². The molecule has 0 amide bonds. The lowest BCUT2D eigenvalue weighted by Crippen LogP contribution is -2.30. The van der Waals surface area contributed by atoms with Crippen molar-refractivity contribution in [3.05, 3.63) is 18.2 Å². The van der Waals surface area contributed by atoms with E-state index in [4.69, 9.17) is 14.2 Å². The van der Waals surface area contributed by atoms with E-state index in [1.165, 1.54) is 0 Å². The SMILES string of the molecule is CCNC(=NCCCCCCC(=O)OCC)Nc1ccc(OC)c(OC)c1.I. The lowest BCUT2D eigenvalue weighted by Gasteiger charge is -2.13. The van der Waals surface area contributed by atoms with Crippen molar-refractivity contribution >= 4 is 41.6 Å². The average Bonchev–Trinajstić information content (AvgIpc) is 2.67. The van der Waals surface area contributed by atoms with E-state index >= 15 is 0 Å². The number of carbonyl (C=O) groups is 1. The lowest BCUT2D eigenvalue weighted by atomic mass is 10.1. The zero-order valence-corrected chi connectivity index (χ0v) is 19.7. The number of nitrogens with zero attached hydrogens (tertiary/aromatic N) is 1. The van der Waals surface area contributed by atoms with Crippen molar-refractivity contribution in [1.29, 1.82) is 0 Å². The molecule has 7 nitrogen and oxygen atoms in total. The Morgan fingerprint density at radius 3 is 2.39 bits per heavy atom. The van der Waals surface area contributed by atoms with Crippen LogP contribution in [0.2, 0.25) is 0 Å². The van der Waals surface area contributed by atoms with E-state index in [2.05, 4.69) is 15.6 Å². The second kappa shape index (κ2) is 16.3. The summed E-state index contributed by atoms with van der Waals surface area (Å²) in [5.74, 6) is 1.98. The minimum atomic E-state index is -0.107. The van der Waals surface area contributed by atoms with Gasteiger partial charge in [-0.1, -0.05) is 12.8 Å². The largest absolute Gasteiger partial charge is 0.493 e. The highest BCUT2D eigenvalue weighted by Gasteiger charge is 2.06. The molecule has 28 heavy (non-hydrogen) atoms. The molecule has 0 aliphatic heterocycles. The normalized spacial score (nSPS) is 10.6. The molecule has 0 radical (unpaired) electrons. The highest BCUT2D eigenvalue weighted by atomic mass is 127. The quantitative estimate of drug-likeness (QED) is 0.145. The van der Waals surface area contributed by atoms with Gasteiger partial charge in [0.2, 0.25) is 0 Å². The Labute approximate surface area is 185 Å². The van der Waals surface area contributed by atoms with Gasteiger partial charge in [0.1, 0.15) is 0 Å². The molecular weight excluding hydrogens is 473 g/mol. The maximum Gasteiger partial charge on any atom is 0.305 e.